The maximum absolute atomic E-state index is 5.93. The molecule has 1 atom stereocenters. The lowest BCUT2D eigenvalue weighted by Crippen LogP contribution is -2.39. The molecule has 2 rings (SSSR count). The summed E-state index contributed by atoms with van der Waals surface area (Å²) >= 11 is 0. The van der Waals surface area contributed by atoms with Gasteiger partial charge in [-0.25, -0.2) is 4.99 Å². The number of ether oxygens (including phenoxy) is 1. The fourth-order valence-corrected chi connectivity index (χ4v) is 1.90. The highest BCUT2D eigenvalue weighted by Crippen LogP contribution is 2.19. The molecule has 1 aromatic rings. The Kier molecular flexibility index (Phi) is 5.27. The van der Waals surface area contributed by atoms with Crippen LogP contribution in [0.25, 0.3) is 0 Å². The van der Waals surface area contributed by atoms with Gasteiger partial charge < -0.3 is 15.4 Å². The van der Waals surface area contributed by atoms with Gasteiger partial charge in [0.05, 0.1) is 6.54 Å². The van der Waals surface area contributed by atoms with Crippen LogP contribution in [-0.2, 0) is 0 Å². The molecule has 0 radical (unpaired) electrons. The molecule has 1 fully saturated rings. The van der Waals surface area contributed by atoms with Gasteiger partial charge in [-0.05, 0) is 45.2 Å². The fraction of sp³-hybridized carbons (Fsp3) is 0.562. The average Bonchev–Trinajstić information content (AvgIpc) is 3.23. The summed E-state index contributed by atoms with van der Waals surface area (Å²) in [6.45, 7) is 7.72. The van der Waals surface area contributed by atoms with Crippen molar-refractivity contribution in [1.29, 1.82) is 0 Å². The van der Waals surface area contributed by atoms with Gasteiger partial charge in [0.15, 0.2) is 5.96 Å². The monoisotopic (exact) mass is 275 g/mol. The van der Waals surface area contributed by atoms with E-state index in [1.165, 1.54) is 12.8 Å². The number of para-hydroxylation sites is 1. The molecular weight excluding hydrogens is 250 g/mol. The van der Waals surface area contributed by atoms with Crippen LogP contribution in [0.15, 0.2) is 29.3 Å². The number of benzene rings is 1. The molecule has 4 heteroatoms. The lowest BCUT2D eigenvalue weighted by Gasteiger charge is -2.16. The number of rotatable bonds is 6. The molecule has 20 heavy (non-hydrogen) atoms. The van der Waals surface area contributed by atoms with Crippen molar-refractivity contribution in [3.05, 3.63) is 29.8 Å². The molecule has 4 nitrogen and oxygen atoms in total. The second-order valence-electron chi connectivity index (χ2n) is 5.33. The van der Waals surface area contributed by atoms with Gasteiger partial charge in [-0.15, -0.1) is 0 Å². The number of aryl methyl sites for hydroxylation is 1. The minimum absolute atomic E-state index is 0.0609. The largest absolute Gasteiger partial charge is 0.489 e. The Labute approximate surface area is 121 Å². The molecule has 0 bridgehead atoms. The number of aliphatic imine (C=N–C) groups is 1. The smallest absolute Gasteiger partial charge is 0.191 e. The zero-order valence-corrected chi connectivity index (χ0v) is 12.6. The van der Waals surface area contributed by atoms with Crippen LogP contribution in [0.1, 0.15) is 32.3 Å². The van der Waals surface area contributed by atoms with Crippen molar-refractivity contribution in [2.24, 2.45) is 4.99 Å². The van der Waals surface area contributed by atoms with Crippen molar-refractivity contribution in [1.82, 2.24) is 10.6 Å². The first kappa shape index (κ1) is 14.7. The van der Waals surface area contributed by atoms with Crippen LogP contribution in [0.3, 0.4) is 0 Å². The predicted octanol–water partition coefficient (Wildman–Crippen LogP) is 2.48. The van der Waals surface area contributed by atoms with E-state index in [2.05, 4.69) is 42.5 Å². The van der Waals surface area contributed by atoms with E-state index in [-0.39, 0.29) is 6.10 Å². The molecule has 0 saturated heterocycles. The maximum atomic E-state index is 5.93. The Morgan fingerprint density at radius 2 is 2.15 bits per heavy atom. The van der Waals surface area contributed by atoms with E-state index in [1.54, 1.807) is 0 Å². The Hall–Kier alpha value is -1.71. The zero-order chi connectivity index (χ0) is 14.4. The van der Waals surface area contributed by atoms with Gasteiger partial charge in [0.25, 0.3) is 0 Å². The number of guanidine groups is 1. The molecule has 0 aliphatic heterocycles. The number of hydrogen-bond acceptors (Lipinski definition) is 2. The van der Waals surface area contributed by atoms with E-state index in [0.717, 1.165) is 23.8 Å². The van der Waals surface area contributed by atoms with Gasteiger partial charge in [0.1, 0.15) is 11.9 Å². The van der Waals surface area contributed by atoms with Gasteiger partial charge in [0, 0.05) is 12.6 Å². The summed E-state index contributed by atoms with van der Waals surface area (Å²) < 4.78 is 5.93. The molecule has 1 aliphatic carbocycles. The molecule has 110 valence electrons. The lowest BCUT2D eigenvalue weighted by atomic mass is 10.2. The van der Waals surface area contributed by atoms with Crippen LogP contribution in [0.2, 0.25) is 0 Å². The second kappa shape index (κ2) is 7.17. The van der Waals surface area contributed by atoms with Crippen molar-refractivity contribution in [3.63, 3.8) is 0 Å². The van der Waals surface area contributed by atoms with Gasteiger partial charge in [-0.2, -0.15) is 0 Å². The lowest BCUT2D eigenvalue weighted by molar-refractivity contribution is 0.228. The third-order valence-corrected chi connectivity index (χ3v) is 3.19. The van der Waals surface area contributed by atoms with Gasteiger partial charge in [-0.1, -0.05) is 18.2 Å². The van der Waals surface area contributed by atoms with Gasteiger partial charge in [-0.3, -0.25) is 0 Å². The molecule has 0 spiro atoms. The van der Waals surface area contributed by atoms with Crippen LogP contribution in [0.5, 0.6) is 5.75 Å². The normalized spacial score (nSPS) is 16.6. The summed E-state index contributed by atoms with van der Waals surface area (Å²) in [7, 11) is 0. The van der Waals surface area contributed by atoms with Crippen molar-refractivity contribution in [2.45, 2.75) is 45.8 Å². The van der Waals surface area contributed by atoms with E-state index in [0.29, 0.717) is 12.6 Å². The molecule has 1 unspecified atom stereocenters. The first-order valence-corrected chi connectivity index (χ1v) is 7.46. The Bertz CT molecular complexity index is 455. The molecule has 1 saturated carbocycles. The van der Waals surface area contributed by atoms with E-state index < -0.39 is 0 Å². The Morgan fingerprint density at radius 3 is 2.80 bits per heavy atom. The molecular formula is C16H25N3O. The zero-order valence-electron chi connectivity index (χ0n) is 12.6. The number of nitrogens with one attached hydrogen (secondary N) is 2. The van der Waals surface area contributed by atoms with Crippen LogP contribution >= 0.6 is 0 Å². The molecule has 2 N–H and O–H groups in total. The van der Waals surface area contributed by atoms with Gasteiger partial charge >= 0.3 is 0 Å². The van der Waals surface area contributed by atoms with Crippen LogP contribution in [-0.4, -0.2) is 31.2 Å². The number of hydrogen-bond donors (Lipinski definition) is 2. The second-order valence-corrected chi connectivity index (χ2v) is 5.33. The third kappa shape index (κ3) is 4.76. The first-order chi connectivity index (χ1) is 9.69. The van der Waals surface area contributed by atoms with Crippen LogP contribution in [0.4, 0.5) is 0 Å². The summed E-state index contributed by atoms with van der Waals surface area (Å²) in [5.74, 6) is 1.84. The minimum Gasteiger partial charge on any atom is -0.489 e. The highest BCUT2D eigenvalue weighted by Gasteiger charge is 2.22. The first-order valence-electron chi connectivity index (χ1n) is 7.46. The quantitative estimate of drug-likeness (QED) is 0.619. The summed E-state index contributed by atoms with van der Waals surface area (Å²) in [4.78, 5) is 4.59. The maximum Gasteiger partial charge on any atom is 0.191 e. The summed E-state index contributed by atoms with van der Waals surface area (Å²) in [6, 6.07) is 8.69. The topological polar surface area (TPSA) is 45.7 Å². The summed E-state index contributed by atoms with van der Waals surface area (Å²) in [5.41, 5.74) is 1.16. The molecule has 0 heterocycles. The summed E-state index contributed by atoms with van der Waals surface area (Å²) in [5, 5.41) is 6.67. The van der Waals surface area contributed by atoms with Gasteiger partial charge in [0.2, 0.25) is 0 Å². The molecule has 1 aliphatic rings. The molecule has 1 aromatic carbocycles. The van der Waals surface area contributed by atoms with Crippen molar-refractivity contribution in [2.75, 3.05) is 13.1 Å². The van der Waals surface area contributed by atoms with E-state index in [1.807, 2.05) is 18.2 Å². The fourth-order valence-electron chi connectivity index (χ4n) is 1.90. The highest BCUT2D eigenvalue weighted by atomic mass is 16.5. The average molecular weight is 275 g/mol. The van der Waals surface area contributed by atoms with Crippen molar-refractivity contribution in [3.8, 4) is 5.75 Å². The van der Waals surface area contributed by atoms with Crippen molar-refractivity contribution >= 4 is 5.96 Å². The SMILES string of the molecule is CCNC(=NCC(C)Oc1ccccc1C)NC1CC1. The van der Waals surface area contributed by atoms with E-state index >= 15 is 0 Å². The summed E-state index contributed by atoms with van der Waals surface area (Å²) in [6.07, 6.45) is 2.56. The third-order valence-electron chi connectivity index (χ3n) is 3.19. The number of nitrogens with zero attached hydrogens (tertiary/aromatic N) is 1. The Balaban J connectivity index is 1.85. The Morgan fingerprint density at radius 1 is 1.40 bits per heavy atom. The van der Waals surface area contributed by atoms with Crippen LogP contribution < -0.4 is 15.4 Å². The predicted molar refractivity (Wildman–Crippen MR) is 83.4 cm³/mol. The molecule has 0 aromatic heterocycles. The highest BCUT2D eigenvalue weighted by molar-refractivity contribution is 5.80. The van der Waals surface area contributed by atoms with E-state index in [4.69, 9.17) is 4.74 Å². The minimum atomic E-state index is 0.0609. The molecule has 0 amide bonds. The standard InChI is InChI=1S/C16H25N3O/c1-4-17-16(19-14-9-10-14)18-11-13(3)20-15-8-6-5-7-12(15)2/h5-8,13-14H,4,9-11H2,1-3H3,(H2,17,18,19). The van der Waals surface area contributed by atoms with Crippen molar-refractivity contribution < 1.29 is 4.74 Å². The van der Waals surface area contributed by atoms with Crippen LogP contribution in [0, 0.1) is 6.92 Å². The van der Waals surface area contributed by atoms with E-state index in [9.17, 15) is 0 Å².